The van der Waals surface area contributed by atoms with Crippen molar-refractivity contribution in [2.45, 2.75) is 19.3 Å². The van der Waals surface area contributed by atoms with E-state index < -0.39 is 21.7 Å². The summed E-state index contributed by atoms with van der Waals surface area (Å²) in [6.07, 6.45) is 2.87. The molecular formula is C19H18N6O6. The Morgan fingerprint density at radius 3 is 1.61 bits per heavy atom. The Morgan fingerprint density at radius 2 is 1.23 bits per heavy atom. The number of hydrogen-bond acceptors (Lipinski definition) is 8. The molecule has 160 valence electrons. The minimum Gasteiger partial charge on any atom is -0.273 e. The molecule has 0 atom stereocenters. The van der Waals surface area contributed by atoms with E-state index in [1.54, 1.807) is 12.1 Å². The second-order valence-corrected chi connectivity index (χ2v) is 6.14. The highest BCUT2D eigenvalue weighted by atomic mass is 16.6. The predicted molar refractivity (Wildman–Crippen MR) is 112 cm³/mol. The second-order valence-electron chi connectivity index (χ2n) is 6.14. The van der Waals surface area contributed by atoms with Crippen molar-refractivity contribution in [3.63, 3.8) is 0 Å². The van der Waals surface area contributed by atoms with Crippen LogP contribution in [0.4, 0.5) is 11.4 Å². The first kappa shape index (κ1) is 22.8. The molecule has 0 aromatic heterocycles. The van der Waals surface area contributed by atoms with Crippen molar-refractivity contribution in [3.8, 4) is 0 Å². The quantitative estimate of drug-likeness (QED) is 0.335. The maximum atomic E-state index is 11.7. The third kappa shape index (κ3) is 8.19. The molecule has 2 rings (SSSR count). The van der Waals surface area contributed by atoms with Crippen LogP contribution >= 0.6 is 0 Å². The highest BCUT2D eigenvalue weighted by Crippen LogP contribution is 2.12. The molecule has 0 aliphatic carbocycles. The molecule has 0 saturated carbocycles. The number of nitrogens with zero attached hydrogens (tertiary/aromatic N) is 4. The molecule has 2 amide bonds. The zero-order valence-corrected chi connectivity index (χ0v) is 16.1. The molecule has 12 heteroatoms. The van der Waals surface area contributed by atoms with E-state index in [1.807, 2.05) is 0 Å². The summed E-state index contributed by atoms with van der Waals surface area (Å²) in [6.45, 7) is 0. The molecule has 12 nitrogen and oxygen atoms in total. The van der Waals surface area contributed by atoms with E-state index in [9.17, 15) is 29.8 Å². The van der Waals surface area contributed by atoms with Gasteiger partial charge in [-0.2, -0.15) is 10.2 Å². The summed E-state index contributed by atoms with van der Waals surface area (Å²) in [4.78, 5) is 43.8. The minimum atomic E-state index is -0.533. The topological polar surface area (TPSA) is 169 Å². The van der Waals surface area contributed by atoms with E-state index in [4.69, 9.17) is 0 Å². The van der Waals surface area contributed by atoms with Gasteiger partial charge in [0.05, 0.1) is 22.3 Å². The van der Waals surface area contributed by atoms with Gasteiger partial charge in [-0.1, -0.05) is 24.3 Å². The minimum absolute atomic E-state index is 0.0360. The van der Waals surface area contributed by atoms with Crippen molar-refractivity contribution in [3.05, 3.63) is 79.9 Å². The average Bonchev–Trinajstić information content (AvgIpc) is 2.74. The molecule has 0 saturated heterocycles. The van der Waals surface area contributed by atoms with Crippen LogP contribution in [0.2, 0.25) is 0 Å². The Morgan fingerprint density at radius 1 is 0.806 bits per heavy atom. The number of carbonyl (C=O) groups is 2. The molecule has 31 heavy (non-hydrogen) atoms. The molecule has 2 aromatic rings. The van der Waals surface area contributed by atoms with E-state index in [0.29, 0.717) is 11.1 Å². The maximum absolute atomic E-state index is 11.7. The van der Waals surface area contributed by atoms with Crippen LogP contribution in [0.3, 0.4) is 0 Å². The number of nitro groups is 2. The van der Waals surface area contributed by atoms with Crippen LogP contribution in [0.15, 0.2) is 58.7 Å². The molecule has 0 bridgehead atoms. The van der Waals surface area contributed by atoms with Crippen LogP contribution < -0.4 is 10.9 Å². The zero-order valence-electron chi connectivity index (χ0n) is 16.1. The van der Waals surface area contributed by atoms with Gasteiger partial charge in [-0.3, -0.25) is 29.8 Å². The van der Waals surface area contributed by atoms with Gasteiger partial charge in [0.2, 0.25) is 11.8 Å². The molecule has 0 spiro atoms. The van der Waals surface area contributed by atoms with Gasteiger partial charge in [0.15, 0.2) is 0 Å². The summed E-state index contributed by atoms with van der Waals surface area (Å²) in [5, 5.41) is 28.9. The molecule has 0 fully saturated rings. The predicted octanol–water partition coefficient (Wildman–Crippen LogP) is 2.27. The number of rotatable bonds is 10. The largest absolute Gasteiger partial charge is 0.273 e. The third-order valence-corrected chi connectivity index (χ3v) is 3.78. The van der Waals surface area contributed by atoms with Gasteiger partial charge in [0.1, 0.15) is 0 Å². The number of nitrogens with one attached hydrogen (secondary N) is 2. The van der Waals surface area contributed by atoms with Crippen LogP contribution in [0, 0.1) is 20.2 Å². The summed E-state index contributed by atoms with van der Waals surface area (Å²) in [5.41, 5.74) is 5.29. The number of hydrazone groups is 2. The van der Waals surface area contributed by atoms with E-state index in [1.165, 1.54) is 48.8 Å². The van der Waals surface area contributed by atoms with E-state index in [0.717, 1.165) is 0 Å². The normalized spacial score (nSPS) is 10.8. The first-order valence-corrected chi connectivity index (χ1v) is 8.98. The van der Waals surface area contributed by atoms with Gasteiger partial charge in [-0.05, 0) is 6.42 Å². The first-order chi connectivity index (χ1) is 14.8. The van der Waals surface area contributed by atoms with Crippen LogP contribution in [0.25, 0.3) is 0 Å². The van der Waals surface area contributed by atoms with E-state index in [-0.39, 0.29) is 30.6 Å². The molecular weight excluding hydrogens is 408 g/mol. The van der Waals surface area contributed by atoms with Crippen molar-refractivity contribution in [1.29, 1.82) is 0 Å². The molecule has 0 radical (unpaired) electrons. The van der Waals surface area contributed by atoms with E-state index in [2.05, 4.69) is 21.1 Å². The maximum Gasteiger partial charge on any atom is 0.270 e. The number of hydrogen-bond donors (Lipinski definition) is 2. The van der Waals surface area contributed by atoms with Crippen LogP contribution in [0.5, 0.6) is 0 Å². The summed E-state index contributed by atoms with van der Waals surface area (Å²) < 4.78 is 0. The zero-order chi connectivity index (χ0) is 22.6. The number of non-ortho nitro benzene ring substituents is 2. The lowest BCUT2D eigenvalue weighted by Crippen LogP contribution is -2.20. The van der Waals surface area contributed by atoms with Crippen molar-refractivity contribution in [2.75, 3.05) is 0 Å². The Bertz CT molecular complexity index is 955. The Labute approximate surface area is 176 Å². The standard InChI is InChI=1S/C19H18N6O6/c26-18(22-20-12-14-4-1-6-16(10-14)24(28)29)8-3-9-19(27)23-21-13-15-5-2-7-17(11-15)25(30)31/h1-2,4-7,10-13H,3,8-9H2,(H,22,26)(H,23,27)/b20-12+,21-13?. The molecule has 0 aliphatic heterocycles. The van der Waals surface area contributed by atoms with Gasteiger partial charge >= 0.3 is 0 Å². The first-order valence-electron chi connectivity index (χ1n) is 8.98. The van der Waals surface area contributed by atoms with Gasteiger partial charge in [-0.15, -0.1) is 0 Å². The van der Waals surface area contributed by atoms with Crippen LogP contribution in [-0.2, 0) is 9.59 Å². The van der Waals surface area contributed by atoms with Crippen molar-refractivity contribution < 1.29 is 19.4 Å². The van der Waals surface area contributed by atoms with Gasteiger partial charge in [-0.25, -0.2) is 10.9 Å². The Hall–Kier alpha value is -4.48. The molecule has 2 N–H and O–H groups in total. The lowest BCUT2D eigenvalue weighted by atomic mass is 10.2. The monoisotopic (exact) mass is 426 g/mol. The summed E-state index contributed by atoms with van der Waals surface area (Å²) >= 11 is 0. The van der Waals surface area contributed by atoms with Gasteiger partial charge < -0.3 is 0 Å². The van der Waals surface area contributed by atoms with Crippen molar-refractivity contribution >= 4 is 35.6 Å². The van der Waals surface area contributed by atoms with Crippen molar-refractivity contribution in [2.24, 2.45) is 10.2 Å². The summed E-state index contributed by atoms with van der Waals surface area (Å²) in [7, 11) is 0. The molecule has 0 heterocycles. The van der Waals surface area contributed by atoms with Gasteiger partial charge in [0, 0.05) is 48.2 Å². The number of nitro benzene ring substituents is 2. The number of carbonyl (C=O) groups excluding carboxylic acids is 2. The van der Waals surface area contributed by atoms with Crippen molar-refractivity contribution in [1.82, 2.24) is 10.9 Å². The fourth-order valence-electron chi connectivity index (χ4n) is 2.32. The Kier molecular flexibility index (Phi) is 8.46. The van der Waals surface area contributed by atoms with E-state index >= 15 is 0 Å². The van der Waals surface area contributed by atoms with Gasteiger partial charge in [0.25, 0.3) is 11.4 Å². The fraction of sp³-hybridized carbons (Fsp3) is 0.158. The lowest BCUT2D eigenvalue weighted by molar-refractivity contribution is -0.385. The SMILES string of the molecule is O=C(CCCC(=O)N/N=C/c1cccc([N+](=O)[O-])c1)NN=Cc1cccc([N+](=O)[O-])c1. The van der Waals surface area contributed by atoms with Crippen LogP contribution in [0.1, 0.15) is 30.4 Å². The summed E-state index contributed by atoms with van der Waals surface area (Å²) in [5.74, 6) is -0.843. The Balaban J connectivity index is 1.69. The smallest absolute Gasteiger partial charge is 0.270 e. The van der Waals surface area contributed by atoms with Crippen LogP contribution in [-0.4, -0.2) is 34.1 Å². The average molecular weight is 426 g/mol. The highest BCUT2D eigenvalue weighted by Gasteiger charge is 2.06. The molecule has 0 unspecified atom stereocenters. The molecule has 2 aromatic carbocycles. The fourth-order valence-corrected chi connectivity index (χ4v) is 2.32. The summed E-state index contributed by atoms with van der Waals surface area (Å²) in [6, 6.07) is 11.5. The number of benzene rings is 2. The molecule has 0 aliphatic rings. The number of amides is 2. The second kappa shape index (κ2) is 11.5. The highest BCUT2D eigenvalue weighted by molar-refractivity contribution is 5.84. The lowest BCUT2D eigenvalue weighted by Gasteiger charge is -2.01. The third-order valence-electron chi connectivity index (χ3n) is 3.78.